The Morgan fingerprint density at radius 2 is 1.88 bits per heavy atom. The van der Waals surface area contributed by atoms with E-state index >= 15 is 0 Å². The fourth-order valence-corrected chi connectivity index (χ4v) is 2.31. The van der Waals surface area contributed by atoms with Crippen molar-refractivity contribution in [2.75, 3.05) is 0 Å². The number of nitrogens with one attached hydrogen (secondary N) is 1. The molecule has 17 heavy (non-hydrogen) atoms. The summed E-state index contributed by atoms with van der Waals surface area (Å²) in [7, 11) is 0. The third-order valence-corrected chi connectivity index (χ3v) is 3.03. The van der Waals surface area contributed by atoms with Crippen LogP contribution in [-0.4, -0.2) is 4.98 Å². The summed E-state index contributed by atoms with van der Waals surface area (Å²) in [6.07, 6.45) is 0. The van der Waals surface area contributed by atoms with Gasteiger partial charge in [-0.3, -0.25) is 4.98 Å². The van der Waals surface area contributed by atoms with Gasteiger partial charge in [0, 0.05) is 10.0 Å². The SMILES string of the molecule is O=c1[nH]c2cc(Br)cc(-c3ccccc3)c2o1. The lowest BCUT2D eigenvalue weighted by atomic mass is 10.1. The molecular weight excluding hydrogens is 282 g/mol. The summed E-state index contributed by atoms with van der Waals surface area (Å²) >= 11 is 3.43. The number of fused-ring (bicyclic) bond motifs is 1. The zero-order valence-electron chi connectivity index (χ0n) is 8.74. The molecule has 3 nitrogen and oxygen atoms in total. The lowest BCUT2D eigenvalue weighted by Gasteiger charge is -2.02. The molecule has 4 heteroatoms. The molecule has 1 aromatic heterocycles. The van der Waals surface area contributed by atoms with E-state index in [0.29, 0.717) is 11.1 Å². The van der Waals surface area contributed by atoms with E-state index in [0.717, 1.165) is 15.6 Å². The van der Waals surface area contributed by atoms with E-state index in [1.54, 1.807) is 0 Å². The first kappa shape index (κ1) is 10.4. The molecule has 0 aliphatic carbocycles. The number of H-pyrrole nitrogens is 1. The Morgan fingerprint density at radius 1 is 1.12 bits per heavy atom. The van der Waals surface area contributed by atoms with Crippen LogP contribution in [0.1, 0.15) is 0 Å². The van der Waals surface area contributed by atoms with Gasteiger partial charge in [0.05, 0.1) is 5.52 Å². The van der Waals surface area contributed by atoms with Gasteiger partial charge in [0.15, 0.2) is 5.58 Å². The molecular formula is C13H8BrNO2. The highest BCUT2D eigenvalue weighted by molar-refractivity contribution is 9.10. The van der Waals surface area contributed by atoms with Crippen molar-refractivity contribution in [2.45, 2.75) is 0 Å². The Balaban J connectivity index is 2.39. The van der Waals surface area contributed by atoms with Gasteiger partial charge in [-0.15, -0.1) is 0 Å². The molecule has 0 saturated carbocycles. The van der Waals surface area contributed by atoms with Gasteiger partial charge in [-0.25, -0.2) is 4.79 Å². The van der Waals surface area contributed by atoms with Crippen LogP contribution >= 0.6 is 15.9 Å². The van der Waals surface area contributed by atoms with Crippen LogP contribution in [0.5, 0.6) is 0 Å². The van der Waals surface area contributed by atoms with Crippen LogP contribution in [-0.2, 0) is 0 Å². The molecule has 0 spiro atoms. The molecule has 0 bridgehead atoms. The second-order valence-corrected chi connectivity index (χ2v) is 4.63. The van der Waals surface area contributed by atoms with Gasteiger partial charge in [0.25, 0.3) is 0 Å². The Kier molecular flexibility index (Phi) is 2.37. The molecule has 0 aliphatic heterocycles. The van der Waals surface area contributed by atoms with E-state index in [1.165, 1.54) is 0 Å². The number of rotatable bonds is 1. The Hall–Kier alpha value is -1.81. The predicted octanol–water partition coefficient (Wildman–Crippen LogP) is 3.55. The quantitative estimate of drug-likeness (QED) is 0.745. The largest absolute Gasteiger partial charge is 0.417 e. The van der Waals surface area contributed by atoms with Crippen molar-refractivity contribution in [3.63, 3.8) is 0 Å². The van der Waals surface area contributed by atoms with Crippen molar-refractivity contribution < 1.29 is 4.42 Å². The minimum atomic E-state index is -0.435. The molecule has 84 valence electrons. The van der Waals surface area contributed by atoms with Gasteiger partial charge < -0.3 is 4.42 Å². The van der Waals surface area contributed by atoms with Crippen molar-refractivity contribution in [1.29, 1.82) is 0 Å². The summed E-state index contributed by atoms with van der Waals surface area (Å²) in [6.45, 7) is 0. The lowest BCUT2D eigenvalue weighted by Crippen LogP contribution is -1.92. The van der Waals surface area contributed by atoms with Gasteiger partial charge in [-0.1, -0.05) is 46.3 Å². The Labute approximate surface area is 105 Å². The van der Waals surface area contributed by atoms with Crippen LogP contribution in [0.2, 0.25) is 0 Å². The van der Waals surface area contributed by atoms with Crippen LogP contribution in [0.15, 0.2) is 56.1 Å². The number of oxazole rings is 1. The van der Waals surface area contributed by atoms with Gasteiger partial charge in [-0.2, -0.15) is 0 Å². The van der Waals surface area contributed by atoms with Crippen molar-refractivity contribution in [3.8, 4) is 11.1 Å². The normalized spacial score (nSPS) is 10.9. The summed E-state index contributed by atoms with van der Waals surface area (Å²) in [6, 6.07) is 13.6. The number of hydrogen-bond acceptors (Lipinski definition) is 2. The zero-order chi connectivity index (χ0) is 11.8. The average Bonchev–Trinajstić information content (AvgIpc) is 2.69. The number of aromatic nitrogens is 1. The van der Waals surface area contributed by atoms with E-state index in [2.05, 4.69) is 20.9 Å². The van der Waals surface area contributed by atoms with Crippen LogP contribution in [0, 0.1) is 0 Å². The summed E-state index contributed by atoms with van der Waals surface area (Å²) < 4.78 is 6.08. The molecule has 0 saturated heterocycles. The molecule has 0 atom stereocenters. The monoisotopic (exact) mass is 289 g/mol. The first-order chi connectivity index (χ1) is 8.24. The maximum absolute atomic E-state index is 11.2. The highest BCUT2D eigenvalue weighted by atomic mass is 79.9. The summed E-state index contributed by atoms with van der Waals surface area (Å²) in [4.78, 5) is 13.9. The molecule has 0 aliphatic rings. The highest BCUT2D eigenvalue weighted by Gasteiger charge is 2.10. The summed E-state index contributed by atoms with van der Waals surface area (Å²) in [5.74, 6) is -0.435. The van der Waals surface area contributed by atoms with E-state index < -0.39 is 5.76 Å². The van der Waals surface area contributed by atoms with Crippen LogP contribution in [0.4, 0.5) is 0 Å². The molecule has 3 aromatic rings. The molecule has 0 fully saturated rings. The first-order valence-corrected chi connectivity index (χ1v) is 5.91. The van der Waals surface area contributed by atoms with E-state index in [9.17, 15) is 4.79 Å². The maximum atomic E-state index is 11.2. The number of aromatic amines is 1. The van der Waals surface area contributed by atoms with Gasteiger partial charge in [-0.05, 0) is 17.7 Å². The fraction of sp³-hybridized carbons (Fsp3) is 0. The molecule has 1 heterocycles. The van der Waals surface area contributed by atoms with Gasteiger partial charge >= 0.3 is 5.76 Å². The molecule has 2 aromatic carbocycles. The van der Waals surface area contributed by atoms with Crippen LogP contribution in [0.25, 0.3) is 22.2 Å². The zero-order valence-corrected chi connectivity index (χ0v) is 10.3. The number of hydrogen-bond donors (Lipinski definition) is 1. The minimum absolute atomic E-state index is 0.435. The van der Waals surface area contributed by atoms with Crippen LogP contribution < -0.4 is 5.76 Å². The van der Waals surface area contributed by atoms with E-state index in [4.69, 9.17) is 4.42 Å². The van der Waals surface area contributed by atoms with E-state index in [1.807, 2.05) is 42.5 Å². The van der Waals surface area contributed by atoms with Crippen LogP contribution in [0.3, 0.4) is 0 Å². The predicted molar refractivity (Wildman–Crippen MR) is 70.0 cm³/mol. The molecule has 1 N–H and O–H groups in total. The second kappa shape index (κ2) is 3.89. The Bertz CT molecular complexity index is 728. The third-order valence-electron chi connectivity index (χ3n) is 2.57. The van der Waals surface area contributed by atoms with Gasteiger partial charge in [0.2, 0.25) is 0 Å². The standard InChI is InChI=1S/C13H8BrNO2/c14-9-6-10(8-4-2-1-3-5-8)12-11(7-9)15-13(16)17-12/h1-7H,(H,15,16). The second-order valence-electron chi connectivity index (χ2n) is 3.71. The minimum Gasteiger partial charge on any atom is -0.407 e. The van der Waals surface area contributed by atoms with Crippen molar-refractivity contribution in [1.82, 2.24) is 4.98 Å². The first-order valence-electron chi connectivity index (χ1n) is 5.12. The number of benzene rings is 2. The summed E-state index contributed by atoms with van der Waals surface area (Å²) in [5, 5.41) is 0. The molecule has 0 amide bonds. The fourth-order valence-electron chi connectivity index (χ4n) is 1.86. The molecule has 3 rings (SSSR count). The molecule has 0 unspecified atom stereocenters. The van der Waals surface area contributed by atoms with E-state index in [-0.39, 0.29) is 0 Å². The lowest BCUT2D eigenvalue weighted by molar-refractivity contribution is 0.556. The third kappa shape index (κ3) is 1.80. The topological polar surface area (TPSA) is 46.0 Å². The van der Waals surface area contributed by atoms with Crippen molar-refractivity contribution in [2.24, 2.45) is 0 Å². The van der Waals surface area contributed by atoms with Crippen molar-refractivity contribution in [3.05, 3.63) is 57.5 Å². The van der Waals surface area contributed by atoms with Gasteiger partial charge in [0.1, 0.15) is 0 Å². The Morgan fingerprint density at radius 3 is 2.65 bits per heavy atom. The summed E-state index contributed by atoms with van der Waals surface area (Å²) in [5.41, 5.74) is 3.20. The molecule has 0 radical (unpaired) electrons. The highest BCUT2D eigenvalue weighted by Crippen LogP contribution is 2.30. The van der Waals surface area contributed by atoms with Crippen molar-refractivity contribution >= 4 is 27.0 Å². The average molecular weight is 290 g/mol. The number of halogens is 1. The smallest absolute Gasteiger partial charge is 0.407 e. The maximum Gasteiger partial charge on any atom is 0.417 e.